The van der Waals surface area contributed by atoms with Crippen LogP contribution in [-0.4, -0.2) is 23.7 Å². The van der Waals surface area contributed by atoms with Gasteiger partial charge >= 0.3 is 7.75 Å². The fourth-order valence-corrected chi connectivity index (χ4v) is 6.80. The minimum atomic E-state index is -3.93. The summed E-state index contributed by atoms with van der Waals surface area (Å²) in [6, 6.07) is 25.0. The van der Waals surface area contributed by atoms with Crippen LogP contribution in [0.5, 0.6) is 5.75 Å². The Morgan fingerprint density at radius 3 is 1.91 bits per heavy atom. The first-order valence-electron chi connectivity index (χ1n) is 15.9. The topological polar surface area (TPSA) is 67.9 Å². The summed E-state index contributed by atoms with van der Waals surface area (Å²) in [5.74, 6) is 0.637. The summed E-state index contributed by atoms with van der Waals surface area (Å²) in [7, 11) is -3.93. The first-order valence-corrected chi connectivity index (χ1v) is 17.4. The standard InChI is InChI=1S/C36H51N2O4P/c1-6-7-8-9-10-11-18-26-41-43(40,42-32-22-16-13-17-23-32)38(27-31-20-14-12-15-21-31)28-35(39)37-36-33(29(2)3)24-19-25-34(36)30(4)5/h12-17,19-25,29-30H,6-11,18,26-28H2,1-5H3,(H,37,39). The van der Waals surface area contributed by atoms with Gasteiger partial charge in [-0.3, -0.25) is 9.32 Å². The zero-order chi connectivity index (χ0) is 31.1. The number of hydrogen-bond acceptors (Lipinski definition) is 4. The van der Waals surface area contributed by atoms with Crippen LogP contribution in [0.4, 0.5) is 5.69 Å². The molecule has 3 aromatic rings. The molecule has 1 unspecified atom stereocenters. The molecule has 1 amide bonds. The molecule has 234 valence electrons. The lowest BCUT2D eigenvalue weighted by Crippen LogP contribution is -2.33. The van der Waals surface area contributed by atoms with Gasteiger partial charge in [-0.15, -0.1) is 0 Å². The number of benzene rings is 3. The quantitative estimate of drug-likeness (QED) is 0.109. The van der Waals surface area contributed by atoms with E-state index in [9.17, 15) is 9.36 Å². The number of carbonyl (C=O) groups is 1. The molecule has 3 aromatic carbocycles. The van der Waals surface area contributed by atoms with Gasteiger partial charge in [0.05, 0.1) is 13.2 Å². The number of hydrogen-bond donors (Lipinski definition) is 1. The van der Waals surface area contributed by atoms with Crippen molar-refractivity contribution < 1.29 is 18.4 Å². The Morgan fingerprint density at radius 1 is 0.767 bits per heavy atom. The largest absolute Gasteiger partial charge is 0.462 e. The van der Waals surface area contributed by atoms with Crippen molar-refractivity contribution in [2.75, 3.05) is 18.5 Å². The molecule has 0 spiro atoms. The third-order valence-electron chi connectivity index (χ3n) is 7.48. The number of anilines is 1. The molecule has 7 heteroatoms. The van der Waals surface area contributed by atoms with Gasteiger partial charge in [-0.1, -0.05) is 140 Å². The van der Waals surface area contributed by atoms with E-state index in [4.69, 9.17) is 9.05 Å². The van der Waals surface area contributed by atoms with Crippen molar-refractivity contribution in [3.8, 4) is 5.75 Å². The van der Waals surface area contributed by atoms with Crippen LogP contribution in [0.2, 0.25) is 0 Å². The molecule has 0 heterocycles. The molecule has 6 nitrogen and oxygen atoms in total. The number of unbranched alkanes of at least 4 members (excludes halogenated alkanes) is 6. The fourth-order valence-electron chi connectivity index (χ4n) is 5.08. The average molecular weight is 607 g/mol. The Bertz CT molecular complexity index is 1250. The Morgan fingerprint density at radius 2 is 1.33 bits per heavy atom. The zero-order valence-corrected chi connectivity index (χ0v) is 27.7. The van der Waals surface area contributed by atoms with E-state index in [2.05, 4.69) is 52.1 Å². The molecule has 0 radical (unpaired) electrons. The van der Waals surface area contributed by atoms with Crippen LogP contribution in [0.25, 0.3) is 0 Å². The molecule has 0 saturated carbocycles. The lowest BCUT2D eigenvalue weighted by molar-refractivity contribution is -0.116. The molecule has 0 saturated heterocycles. The number of carbonyl (C=O) groups excluding carboxylic acids is 1. The van der Waals surface area contributed by atoms with Crippen LogP contribution in [0, 0.1) is 0 Å². The summed E-state index contributed by atoms with van der Waals surface area (Å²) in [6.45, 7) is 11.1. The van der Waals surface area contributed by atoms with Gasteiger partial charge in [-0.25, -0.2) is 4.57 Å². The van der Waals surface area contributed by atoms with Gasteiger partial charge in [-0.2, -0.15) is 4.67 Å². The first kappa shape index (κ1) is 34.6. The van der Waals surface area contributed by atoms with Crippen molar-refractivity contribution in [2.24, 2.45) is 0 Å². The maximum atomic E-state index is 14.7. The average Bonchev–Trinajstić information content (AvgIpc) is 2.99. The van der Waals surface area contributed by atoms with E-state index in [0.29, 0.717) is 12.4 Å². The van der Waals surface area contributed by atoms with Gasteiger partial charge in [0.25, 0.3) is 0 Å². The second-order valence-corrected chi connectivity index (χ2v) is 13.7. The summed E-state index contributed by atoms with van der Waals surface area (Å²) in [6.07, 6.45) is 7.81. The molecule has 3 rings (SSSR count). The molecule has 43 heavy (non-hydrogen) atoms. The Balaban J connectivity index is 1.87. The van der Waals surface area contributed by atoms with Crippen LogP contribution in [-0.2, 0) is 20.4 Å². The van der Waals surface area contributed by atoms with Crippen molar-refractivity contribution in [1.29, 1.82) is 0 Å². The number of nitrogens with zero attached hydrogens (tertiary/aromatic N) is 1. The minimum Gasteiger partial charge on any atom is -0.413 e. The minimum absolute atomic E-state index is 0.153. The second kappa shape index (κ2) is 18.0. The molecule has 1 N–H and O–H groups in total. The van der Waals surface area contributed by atoms with E-state index < -0.39 is 7.75 Å². The second-order valence-electron chi connectivity index (χ2n) is 11.8. The predicted molar refractivity (Wildman–Crippen MR) is 179 cm³/mol. The van der Waals surface area contributed by atoms with E-state index in [1.54, 1.807) is 16.8 Å². The van der Waals surface area contributed by atoms with Crippen LogP contribution in [0.3, 0.4) is 0 Å². The van der Waals surface area contributed by atoms with Gasteiger partial charge in [0.15, 0.2) is 0 Å². The Labute approximate surface area is 259 Å². The van der Waals surface area contributed by atoms with Gasteiger partial charge in [0.2, 0.25) is 5.91 Å². The summed E-state index contributed by atoms with van der Waals surface area (Å²) in [5.41, 5.74) is 3.90. The maximum absolute atomic E-state index is 14.7. The fraction of sp³-hybridized carbons (Fsp3) is 0.472. The normalized spacial score (nSPS) is 12.9. The number of rotatable bonds is 19. The van der Waals surface area contributed by atoms with Crippen LogP contribution < -0.4 is 9.84 Å². The van der Waals surface area contributed by atoms with Gasteiger partial charge in [0, 0.05) is 12.2 Å². The van der Waals surface area contributed by atoms with Gasteiger partial charge in [-0.05, 0) is 47.1 Å². The zero-order valence-electron chi connectivity index (χ0n) is 26.8. The smallest absolute Gasteiger partial charge is 0.413 e. The first-order chi connectivity index (χ1) is 20.7. The molecule has 0 fully saturated rings. The lowest BCUT2D eigenvalue weighted by Gasteiger charge is -2.30. The van der Waals surface area contributed by atoms with E-state index in [1.807, 2.05) is 54.6 Å². The highest BCUT2D eigenvalue weighted by Crippen LogP contribution is 2.53. The summed E-state index contributed by atoms with van der Waals surface area (Å²) in [5, 5.41) is 3.18. The predicted octanol–water partition coefficient (Wildman–Crippen LogP) is 10.3. The Hall–Kier alpha value is -2.92. The van der Waals surface area contributed by atoms with Gasteiger partial charge < -0.3 is 9.84 Å². The van der Waals surface area contributed by atoms with Crippen molar-refractivity contribution in [1.82, 2.24) is 4.67 Å². The van der Waals surface area contributed by atoms with Gasteiger partial charge in [0.1, 0.15) is 5.75 Å². The van der Waals surface area contributed by atoms with Crippen molar-refractivity contribution in [2.45, 2.75) is 97.9 Å². The molecule has 1 atom stereocenters. The van der Waals surface area contributed by atoms with Crippen LogP contribution in [0.15, 0.2) is 78.9 Å². The summed E-state index contributed by atoms with van der Waals surface area (Å²) in [4.78, 5) is 13.8. The van der Waals surface area contributed by atoms with Crippen molar-refractivity contribution >= 4 is 19.3 Å². The molecule has 0 aliphatic heterocycles. The van der Waals surface area contributed by atoms with E-state index >= 15 is 0 Å². The van der Waals surface area contributed by atoms with E-state index in [-0.39, 0.29) is 30.8 Å². The molecule has 0 aromatic heterocycles. The maximum Gasteiger partial charge on any atom is 0.462 e. The third-order valence-corrected chi connectivity index (χ3v) is 9.41. The SMILES string of the molecule is CCCCCCCCCOP(=O)(Oc1ccccc1)N(CC(=O)Nc1c(C(C)C)cccc1C(C)C)Cc1ccccc1. The van der Waals surface area contributed by atoms with Crippen molar-refractivity contribution in [3.63, 3.8) is 0 Å². The molecule has 0 aliphatic rings. The highest BCUT2D eigenvalue weighted by atomic mass is 31.2. The molecular weight excluding hydrogens is 555 g/mol. The van der Waals surface area contributed by atoms with E-state index in [0.717, 1.165) is 41.6 Å². The highest BCUT2D eigenvalue weighted by Gasteiger charge is 2.37. The lowest BCUT2D eigenvalue weighted by atomic mass is 9.92. The highest BCUT2D eigenvalue weighted by molar-refractivity contribution is 7.51. The molecule has 0 aliphatic carbocycles. The third kappa shape index (κ3) is 11.3. The summed E-state index contributed by atoms with van der Waals surface area (Å²) >= 11 is 0. The Kier molecular flexibility index (Phi) is 14.5. The van der Waals surface area contributed by atoms with Crippen molar-refractivity contribution in [3.05, 3.63) is 95.6 Å². The number of amides is 1. The number of nitrogens with one attached hydrogen (secondary N) is 1. The number of para-hydroxylation sites is 2. The molecular formula is C36H51N2O4P. The molecule has 0 bridgehead atoms. The monoisotopic (exact) mass is 606 g/mol. The van der Waals surface area contributed by atoms with E-state index in [1.165, 1.54) is 25.7 Å². The summed E-state index contributed by atoms with van der Waals surface area (Å²) < 4.78 is 28.6. The van der Waals surface area contributed by atoms with Crippen LogP contribution in [0.1, 0.15) is 108 Å². The van der Waals surface area contributed by atoms with Crippen LogP contribution >= 0.6 is 7.75 Å².